The summed E-state index contributed by atoms with van der Waals surface area (Å²) >= 11 is 0. The van der Waals surface area contributed by atoms with Crippen LogP contribution in [0, 0.1) is 12.8 Å². The molecule has 21 heavy (non-hydrogen) atoms. The lowest BCUT2D eigenvalue weighted by atomic mass is 10.1. The summed E-state index contributed by atoms with van der Waals surface area (Å²) in [5.74, 6) is -0.546. The number of aryl methyl sites for hydroxylation is 1. The molecule has 1 aromatic rings. The second-order valence-electron chi connectivity index (χ2n) is 5.27. The summed E-state index contributed by atoms with van der Waals surface area (Å²) in [4.78, 5) is 11.2. The summed E-state index contributed by atoms with van der Waals surface area (Å²) in [6.45, 7) is 5.39. The van der Waals surface area contributed by atoms with Gasteiger partial charge in [0, 0.05) is 0 Å². The summed E-state index contributed by atoms with van der Waals surface area (Å²) in [6, 6.07) is 3.25. The molecular formula is C14H21NO5S. The Morgan fingerprint density at radius 3 is 2.43 bits per heavy atom. The summed E-state index contributed by atoms with van der Waals surface area (Å²) in [6.07, 6.45) is 0.226. The summed E-state index contributed by atoms with van der Waals surface area (Å²) < 4.78 is 31.8. The van der Waals surface area contributed by atoms with E-state index < -0.39 is 22.0 Å². The molecule has 0 spiro atoms. The first kappa shape index (κ1) is 17.5. The maximum Gasteiger partial charge on any atom is 0.321 e. The molecule has 0 aliphatic heterocycles. The zero-order valence-electron chi connectivity index (χ0n) is 12.6. The van der Waals surface area contributed by atoms with Crippen LogP contribution < -0.4 is 9.46 Å². The van der Waals surface area contributed by atoms with Crippen LogP contribution in [0.2, 0.25) is 0 Å². The van der Waals surface area contributed by atoms with E-state index in [9.17, 15) is 13.2 Å². The van der Waals surface area contributed by atoms with Crippen LogP contribution in [0.4, 0.5) is 0 Å². The van der Waals surface area contributed by atoms with Crippen molar-refractivity contribution >= 4 is 16.0 Å². The topological polar surface area (TPSA) is 92.7 Å². The second kappa shape index (κ2) is 6.91. The van der Waals surface area contributed by atoms with Crippen molar-refractivity contribution in [3.8, 4) is 5.75 Å². The van der Waals surface area contributed by atoms with Crippen molar-refractivity contribution in [2.75, 3.05) is 7.11 Å². The Kier molecular flexibility index (Phi) is 5.74. The van der Waals surface area contributed by atoms with Gasteiger partial charge in [0.2, 0.25) is 10.0 Å². The standard InChI is InChI=1S/C14H21NO5S/c1-9(2)7-12(14(16)17)15-21(18,19)11-5-6-13(20-4)10(3)8-11/h5-6,8-9,12,15H,7H2,1-4H3,(H,16,17). The van der Waals surface area contributed by atoms with Crippen molar-refractivity contribution in [2.45, 2.75) is 38.1 Å². The Hall–Kier alpha value is -1.60. The molecule has 0 aliphatic carbocycles. The van der Waals surface area contributed by atoms with E-state index >= 15 is 0 Å². The highest BCUT2D eigenvalue weighted by atomic mass is 32.2. The van der Waals surface area contributed by atoms with Crippen molar-refractivity contribution in [2.24, 2.45) is 5.92 Å². The van der Waals surface area contributed by atoms with Gasteiger partial charge in [-0.2, -0.15) is 4.72 Å². The van der Waals surface area contributed by atoms with Crippen molar-refractivity contribution in [3.63, 3.8) is 0 Å². The first-order valence-corrected chi connectivity index (χ1v) is 8.05. The van der Waals surface area contributed by atoms with E-state index in [4.69, 9.17) is 9.84 Å². The fourth-order valence-electron chi connectivity index (χ4n) is 1.94. The molecule has 0 heterocycles. The lowest BCUT2D eigenvalue weighted by Gasteiger charge is -2.17. The van der Waals surface area contributed by atoms with Crippen LogP contribution in [0.25, 0.3) is 0 Å². The third kappa shape index (κ3) is 4.71. The number of rotatable bonds is 7. The van der Waals surface area contributed by atoms with Crippen molar-refractivity contribution in [1.29, 1.82) is 0 Å². The maximum atomic E-state index is 12.3. The van der Waals surface area contributed by atoms with Crippen LogP contribution >= 0.6 is 0 Å². The van der Waals surface area contributed by atoms with Gasteiger partial charge in [-0.05, 0) is 43.0 Å². The predicted molar refractivity (Wildman–Crippen MR) is 78.9 cm³/mol. The molecule has 0 bridgehead atoms. The van der Waals surface area contributed by atoms with Gasteiger partial charge in [0.05, 0.1) is 12.0 Å². The number of carboxylic acid groups (broad SMARTS) is 1. The van der Waals surface area contributed by atoms with E-state index in [0.29, 0.717) is 11.3 Å². The summed E-state index contributed by atoms with van der Waals surface area (Å²) in [5, 5.41) is 9.12. The average Bonchev–Trinajstić information content (AvgIpc) is 2.36. The second-order valence-corrected chi connectivity index (χ2v) is 6.99. The lowest BCUT2D eigenvalue weighted by Crippen LogP contribution is -2.41. The molecule has 0 fully saturated rings. The number of carbonyl (C=O) groups is 1. The Balaban J connectivity index is 3.04. The van der Waals surface area contributed by atoms with Crippen LogP contribution in [-0.4, -0.2) is 32.6 Å². The Labute approximate surface area is 125 Å². The molecule has 1 atom stereocenters. The van der Waals surface area contributed by atoms with Gasteiger partial charge in [-0.1, -0.05) is 13.8 Å². The van der Waals surface area contributed by atoms with E-state index in [0.717, 1.165) is 0 Å². The minimum absolute atomic E-state index is 0.0239. The SMILES string of the molecule is COc1ccc(S(=O)(=O)NC(CC(C)C)C(=O)O)cc1C. The molecule has 6 nitrogen and oxygen atoms in total. The highest BCUT2D eigenvalue weighted by Crippen LogP contribution is 2.21. The third-order valence-electron chi connectivity index (χ3n) is 2.98. The first-order chi connectivity index (χ1) is 9.67. The van der Waals surface area contributed by atoms with Crippen molar-refractivity contribution in [3.05, 3.63) is 23.8 Å². The Bertz CT molecular complexity index is 610. The quantitative estimate of drug-likeness (QED) is 0.800. The molecule has 0 saturated heterocycles. The zero-order chi connectivity index (χ0) is 16.2. The predicted octanol–water partition coefficient (Wildman–Crippen LogP) is 1.78. The number of hydrogen-bond acceptors (Lipinski definition) is 4. The van der Waals surface area contributed by atoms with E-state index in [2.05, 4.69) is 4.72 Å². The van der Waals surface area contributed by atoms with Gasteiger partial charge in [0.1, 0.15) is 11.8 Å². The Morgan fingerprint density at radius 2 is 2.00 bits per heavy atom. The molecule has 1 rings (SSSR count). The third-order valence-corrected chi connectivity index (χ3v) is 4.45. The molecule has 7 heteroatoms. The molecule has 118 valence electrons. The number of sulfonamides is 1. The van der Waals surface area contributed by atoms with Gasteiger partial charge in [-0.15, -0.1) is 0 Å². The largest absolute Gasteiger partial charge is 0.496 e. The van der Waals surface area contributed by atoms with Crippen molar-refractivity contribution < 1.29 is 23.1 Å². The molecule has 0 aliphatic rings. The summed E-state index contributed by atoms with van der Waals surface area (Å²) in [5.41, 5.74) is 0.663. The van der Waals surface area contributed by atoms with Crippen LogP contribution in [0.1, 0.15) is 25.8 Å². The monoisotopic (exact) mass is 315 g/mol. The number of nitrogens with one attached hydrogen (secondary N) is 1. The molecule has 2 N–H and O–H groups in total. The fraction of sp³-hybridized carbons (Fsp3) is 0.500. The number of hydrogen-bond donors (Lipinski definition) is 2. The van der Waals surface area contributed by atoms with Crippen LogP contribution in [0.15, 0.2) is 23.1 Å². The van der Waals surface area contributed by atoms with E-state index in [1.54, 1.807) is 13.0 Å². The van der Waals surface area contributed by atoms with Crippen LogP contribution in [0.3, 0.4) is 0 Å². The molecule has 0 radical (unpaired) electrons. The molecule has 1 aromatic carbocycles. The zero-order valence-corrected chi connectivity index (χ0v) is 13.4. The number of ether oxygens (including phenoxy) is 1. The lowest BCUT2D eigenvalue weighted by molar-refractivity contribution is -0.139. The summed E-state index contributed by atoms with van der Waals surface area (Å²) in [7, 11) is -2.39. The van der Waals surface area contributed by atoms with Gasteiger partial charge in [-0.3, -0.25) is 4.79 Å². The molecule has 0 aromatic heterocycles. The highest BCUT2D eigenvalue weighted by Gasteiger charge is 2.26. The molecule has 0 amide bonds. The van der Waals surface area contributed by atoms with Crippen molar-refractivity contribution in [1.82, 2.24) is 4.72 Å². The molecular weight excluding hydrogens is 294 g/mol. The first-order valence-electron chi connectivity index (χ1n) is 6.57. The van der Waals surface area contributed by atoms with Gasteiger partial charge >= 0.3 is 5.97 Å². The molecule has 1 unspecified atom stereocenters. The smallest absolute Gasteiger partial charge is 0.321 e. The Morgan fingerprint density at radius 1 is 1.38 bits per heavy atom. The number of methoxy groups -OCH3 is 1. The van der Waals surface area contributed by atoms with Crippen LogP contribution in [-0.2, 0) is 14.8 Å². The molecule has 0 saturated carbocycles. The van der Waals surface area contributed by atoms with Gasteiger partial charge in [0.25, 0.3) is 0 Å². The van der Waals surface area contributed by atoms with Gasteiger partial charge in [-0.25, -0.2) is 8.42 Å². The average molecular weight is 315 g/mol. The minimum Gasteiger partial charge on any atom is -0.496 e. The normalized spacial score (nSPS) is 13.2. The fourth-order valence-corrected chi connectivity index (χ4v) is 3.23. The van der Waals surface area contributed by atoms with E-state index in [1.165, 1.54) is 19.2 Å². The van der Waals surface area contributed by atoms with Gasteiger partial charge in [0.15, 0.2) is 0 Å². The maximum absolute atomic E-state index is 12.3. The van der Waals surface area contributed by atoms with E-state index in [-0.39, 0.29) is 17.2 Å². The van der Waals surface area contributed by atoms with Crippen LogP contribution in [0.5, 0.6) is 5.75 Å². The minimum atomic E-state index is -3.88. The van der Waals surface area contributed by atoms with Gasteiger partial charge < -0.3 is 9.84 Å². The highest BCUT2D eigenvalue weighted by molar-refractivity contribution is 7.89. The van der Waals surface area contributed by atoms with E-state index in [1.807, 2.05) is 13.8 Å². The number of benzene rings is 1. The number of aliphatic carboxylic acids is 1. The number of carboxylic acids is 1.